The first-order chi connectivity index (χ1) is 13.5. The second-order valence-corrected chi connectivity index (χ2v) is 7.52. The average molecular weight is 398 g/mol. The summed E-state index contributed by atoms with van der Waals surface area (Å²) in [4.78, 5) is 30.3. The summed E-state index contributed by atoms with van der Waals surface area (Å²) in [5.41, 5.74) is 3.42. The van der Waals surface area contributed by atoms with Gasteiger partial charge in [0.25, 0.3) is 5.91 Å². The van der Waals surface area contributed by atoms with Gasteiger partial charge in [-0.1, -0.05) is 30.3 Å². The van der Waals surface area contributed by atoms with Crippen LogP contribution in [0.3, 0.4) is 0 Å². The molecule has 0 spiro atoms. The van der Waals surface area contributed by atoms with Gasteiger partial charge in [-0.3, -0.25) is 14.2 Å². The maximum Gasteiger partial charge on any atom is 0.303 e. The number of rotatable bonds is 8. The molecule has 0 atom stereocenters. The Morgan fingerprint density at radius 2 is 1.96 bits per heavy atom. The summed E-state index contributed by atoms with van der Waals surface area (Å²) in [5.74, 6) is -0.945. The van der Waals surface area contributed by atoms with E-state index in [4.69, 9.17) is 5.11 Å². The molecule has 0 aliphatic heterocycles. The summed E-state index contributed by atoms with van der Waals surface area (Å²) >= 11 is 1.52. The van der Waals surface area contributed by atoms with Gasteiger partial charge in [-0.2, -0.15) is 0 Å². The Balaban J connectivity index is 1.88. The van der Waals surface area contributed by atoms with Crippen molar-refractivity contribution in [2.24, 2.45) is 0 Å². The topological polar surface area (TPSA) is 75.4 Å². The van der Waals surface area contributed by atoms with Crippen LogP contribution in [0.25, 0.3) is 5.13 Å². The highest BCUT2D eigenvalue weighted by atomic mass is 32.1. The van der Waals surface area contributed by atoms with E-state index >= 15 is 0 Å². The summed E-state index contributed by atoms with van der Waals surface area (Å²) in [5, 5.41) is 11.7. The summed E-state index contributed by atoms with van der Waals surface area (Å²) in [7, 11) is 0. The Bertz CT molecular complexity index is 949. The molecule has 0 bridgehead atoms. The zero-order chi connectivity index (χ0) is 20.1. The number of nitrogens with zero attached hydrogens (tertiary/aromatic N) is 3. The molecule has 0 unspecified atom stereocenters. The number of amides is 1. The van der Waals surface area contributed by atoms with Gasteiger partial charge in [0, 0.05) is 42.5 Å². The van der Waals surface area contributed by atoms with Gasteiger partial charge in [-0.05, 0) is 31.9 Å². The molecule has 28 heavy (non-hydrogen) atoms. The summed E-state index contributed by atoms with van der Waals surface area (Å²) in [6, 6.07) is 11.6. The number of carboxylic acids is 1. The molecular formula is C21H23N3O3S. The molecule has 2 heterocycles. The number of aliphatic carboxylic acids is 1. The highest BCUT2D eigenvalue weighted by Crippen LogP contribution is 2.24. The molecule has 3 aromatic rings. The fourth-order valence-electron chi connectivity index (χ4n) is 3.25. The van der Waals surface area contributed by atoms with Crippen LogP contribution in [-0.2, 0) is 11.3 Å². The number of carboxylic acid groups (broad SMARTS) is 1. The normalized spacial score (nSPS) is 10.8. The monoisotopic (exact) mass is 397 g/mol. The Hall–Kier alpha value is -2.93. The minimum absolute atomic E-state index is 0.0384. The van der Waals surface area contributed by atoms with E-state index in [-0.39, 0.29) is 12.3 Å². The van der Waals surface area contributed by atoms with Crippen LogP contribution in [0.5, 0.6) is 0 Å². The molecule has 1 N–H and O–H groups in total. The lowest BCUT2D eigenvalue weighted by atomic mass is 10.1. The van der Waals surface area contributed by atoms with Crippen LogP contribution >= 0.6 is 11.3 Å². The van der Waals surface area contributed by atoms with E-state index in [9.17, 15) is 9.59 Å². The molecule has 0 aliphatic carbocycles. The van der Waals surface area contributed by atoms with E-state index in [1.54, 1.807) is 11.1 Å². The fraction of sp³-hybridized carbons (Fsp3) is 0.286. The van der Waals surface area contributed by atoms with Gasteiger partial charge in [0.1, 0.15) is 0 Å². The van der Waals surface area contributed by atoms with Crippen molar-refractivity contribution in [3.63, 3.8) is 0 Å². The molecule has 6 nitrogen and oxygen atoms in total. The van der Waals surface area contributed by atoms with Gasteiger partial charge < -0.3 is 10.0 Å². The Kier molecular flexibility index (Phi) is 6.26. The van der Waals surface area contributed by atoms with Crippen molar-refractivity contribution in [2.45, 2.75) is 33.2 Å². The summed E-state index contributed by atoms with van der Waals surface area (Å²) in [6.45, 7) is 4.71. The third kappa shape index (κ3) is 4.48. The number of aryl methyl sites for hydroxylation is 1. The van der Waals surface area contributed by atoms with Gasteiger partial charge in [-0.15, -0.1) is 11.3 Å². The molecule has 1 aromatic carbocycles. The second kappa shape index (κ2) is 8.84. The summed E-state index contributed by atoms with van der Waals surface area (Å²) < 4.78 is 1.98. The van der Waals surface area contributed by atoms with Crippen LogP contribution in [0.1, 0.15) is 40.2 Å². The third-order valence-electron chi connectivity index (χ3n) is 4.59. The predicted octanol–water partition coefficient (Wildman–Crippen LogP) is 4.06. The Morgan fingerprint density at radius 1 is 1.21 bits per heavy atom. The average Bonchev–Trinajstić information content (AvgIpc) is 3.28. The zero-order valence-electron chi connectivity index (χ0n) is 16.0. The quantitative estimate of drug-likeness (QED) is 0.622. The fourth-order valence-corrected chi connectivity index (χ4v) is 4.00. The number of hydrogen-bond acceptors (Lipinski definition) is 4. The van der Waals surface area contributed by atoms with Crippen LogP contribution < -0.4 is 0 Å². The molecular weight excluding hydrogens is 374 g/mol. The molecule has 146 valence electrons. The van der Waals surface area contributed by atoms with Crippen molar-refractivity contribution in [3.05, 3.63) is 70.5 Å². The highest BCUT2D eigenvalue weighted by Gasteiger charge is 2.23. The van der Waals surface area contributed by atoms with Crippen molar-refractivity contribution in [3.8, 4) is 5.13 Å². The molecule has 1 amide bonds. The second-order valence-electron chi connectivity index (χ2n) is 6.64. The van der Waals surface area contributed by atoms with Crippen molar-refractivity contribution < 1.29 is 14.7 Å². The number of carbonyl (C=O) groups is 2. The first kappa shape index (κ1) is 19.8. The number of benzene rings is 1. The minimum atomic E-state index is -0.853. The van der Waals surface area contributed by atoms with Crippen molar-refractivity contribution in [1.82, 2.24) is 14.5 Å². The Labute approximate surface area is 168 Å². The maximum atomic E-state index is 13.3. The van der Waals surface area contributed by atoms with Gasteiger partial charge in [0.2, 0.25) is 0 Å². The minimum Gasteiger partial charge on any atom is -0.481 e. The van der Waals surface area contributed by atoms with Crippen LogP contribution in [0.2, 0.25) is 0 Å². The molecule has 2 aromatic heterocycles. The van der Waals surface area contributed by atoms with E-state index in [1.165, 1.54) is 11.3 Å². The van der Waals surface area contributed by atoms with Crippen LogP contribution in [0, 0.1) is 13.8 Å². The van der Waals surface area contributed by atoms with Gasteiger partial charge in [0.15, 0.2) is 5.13 Å². The SMILES string of the molecule is Cc1cc(C(=O)N(CCCC(=O)O)Cc2ccccc2)c(C)n1-c1nccs1. The molecule has 0 fully saturated rings. The number of hydrogen-bond donors (Lipinski definition) is 1. The molecule has 0 radical (unpaired) electrons. The first-order valence-electron chi connectivity index (χ1n) is 9.11. The standard InChI is InChI=1S/C21H23N3O3S/c1-15-13-18(16(2)24(15)21-22-10-12-28-21)20(27)23(11-6-9-19(25)26)14-17-7-4-3-5-8-17/h3-5,7-8,10,12-13H,6,9,11,14H2,1-2H3,(H,25,26). The van der Waals surface area contributed by atoms with E-state index in [2.05, 4.69) is 4.98 Å². The molecule has 0 saturated carbocycles. The highest BCUT2D eigenvalue weighted by molar-refractivity contribution is 7.12. The number of carbonyl (C=O) groups excluding carboxylic acids is 1. The largest absolute Gasteiger partial charge is 0.481 e. The Morgan fingerprint density at radius 3 is 2.61 bits per heavy atom. The van der Waals surface area contributed by atoms with Gasteiger partial charge in [0.05, 0.1) is 5.56 Å². The lowest BCUT2D eigenvalue weighted by Crippen LogP contribution is -2.32. The van der Waals surface area contributed by atoms with Crippen molar-refractivity contribution in [1.29, 1.82) is 0 Å². The molecule has 3 rings (SSSR count). The molecule has 0 saturated heterocycles. The lowest BCUT2D eigenvalue weighted by Gasteiger charge is -2.23. The molecule has 7 heteroatoms. The van der Waals surface area contributed by atoms with Crippen molar-refractivity contribution in [2.75, 3.05) is 6.54 Å². The van der Waals surface area contributed by atoms with Gasteiger partial charge >= 0.3 is 5.97 Å². The maximum absolute atomic E-state index is 13.3. The third-order valence-corrected chi connectivity index (χ3v) is 5.35. The first-order valence-corrected chi connectivity index (χ1v) is 9.99. The predicted molar refractivity (Wildman–Crippen MR) is 109 cm³/mol. The van der Waals surface area contributed by atoms with E-state index < -0.39 is 5.97 Å². The molecule has 0 aliphatic rings. The number of thiazole rings is 1. The van der Waals surface area contributed by atoms with Crippen LogP contribution in [-0.4, -0.2) is 38.0 Å². The van der Waals surface area contributed by atoms with Gasteiger partial charge in [-0.25, -0.2) is 4.98 Å². The summed E-state index contributed by atoms with van der Waals surface area (Å²) in [6.07, 6.45) is 2.20. The van der Waals surface area contributed by atoms with E-state index in [1.807, 2.05) is 60.2 Å². The van der Waals surface area contributed by atoms with Crippen LogP contribution in [0.4, 0.5) is 0 Å². The van der Waals surface area contributed by atoms with E-state index in [0.717, 1.165) is 22.1 Å². The smallest absolute Gasteiger partial charge is 0.303 e. The van der Waals surface area contributed by atoms with E-state index in [0.29, 0.717) is 25.1 Å². The number of aromatic nitrogens is 2. The zero-order valence-corrected chi connectivity index (χ0v) is 16.8. The van der Waals surface area contributed by atoms with Crippen molar-refractivity contribution >= 4 is 23.2 Å². The van der Waals surface area contributed by atoms with Crippen LogP contribution in [0.15, 0.2) is 48.0 Å². The lowest BCUT2D eigenvalue weighted by molar-refractivity contribution is -0.137.